The summed E-state index contributed by atoms with van der Waals surface area (Å²) in [6, 6.07) is 123. The summed E-state index contributed by atoms with van der Waals surface area (Å²) >= 11 is 0. The van der Waals surface area contributed by atoms with Crippen LogP contribution in [-0.2, 0) is 163 Å². The number of hydrogen-bond donors (Lipinski definition) is 4. The Hall–Kier alpha value is -13.5. The van der Waals surface area contributed by atoms with Crippen molar-refractivity contribution < 1.29 is 165 Å². The fourth-order valence-electron chi connectivity index (χ4n) is 14.4. The summed E-state index contributed by atoms with van der Waals surface area (Å²) in [6.07, 6.45) is 14.9. The minimum atomic E-state index is -0.990. The van der Waals surface area contributed by atoms with Gasteiger partial charge in [0.2, 0.25) is 0 Å². The van der Waals surface area contributed by atoms with Gasteiger partial charge >= 0.3 is 5.97 Å². The third kappa shape index (κ3) is 39.5. The number of aliphatic hydroxyl groups excluding tert-OH is 3. The second kappa shape index (κ2) is 64.3. The van der Waals surface area contributed by atoms with Gasteiger partial charge in [-0.25, -0.2) is 49.7 Å². The van der Waals surface area contributed by atoms with E-state index in [1.165, 1.54) is 114 Å². The Kier molecular flexibility index (Phi) is 54.9. The topological polar surface area (TPSA) is 269 Å². The van der Waals surface area contributed by atoms with Crippen LogP contribution < -0.4 is 0 Å². The molecule has 1 radical (unpaired) electrons. The van der Waals surface area contributed by atoms with E-state index >= 15 is 0 Å². The van der Waals surface area contributed by atoms with Gasteiger partial charge in [0, 0.05) is 254 Å². The van der Waals surface area contributed by atoms with Crippen LogP contribution in [0.1, 0.15) is 93.0 Å². The number of carbonyl (C=O) groups is 4. The Bertz CT molecular complexity index is 7090. The van der Waals surface area contributed by atoms with Gasteiger partial charge in [-0.05, 0) is 122 Å². The first-order chi connectivity index (χ1) is 67.0. The molecule has 7 heterocycles. The van der Waals surface area contributed by atoms with Crippen LogP contribution in [0.5, 0.6) is 0 Å². The predicted molar refractivity (Wildman–Crippen MR) is 555 cm³/mol. The molecule has 0 unspecified atom stereocenters. The average molecular weight is 3010 g/mol. The Labute approximate surface area is 934 Å². The van der Waals surface area contributed by atoms with Gasteiger partial charge in [0.1, 0.15) is 11.5 Å². The molecule has 0 amide bonds. The average Bonchev–Trinajstić information content (AvgIpc) is 1.19. The number of ketones is 3. The van der Waals surface area contributed by atoms with Crippen molar-refractivity contribution in [2.45, 2.75) is 76.2 Å². The Morgan fingerprint density at radius 2 is 0.697 bits per heavy atom. The molecule has 12 aromatic carbocycles. The number of carboxylic acid groups (broad SMARTS) is 1. The zero-order valence-corrected chi connectivity index (χ0v) is 96.2. The first-order valence-corrected chi connectivity index (χ1v) is 44.5. The van der Waals surface area contributed by atoms with Gasteiger partial charge in [-0.1, -0.05) is 192 Å². The first kappa shape index (κ1) is 124. The van der Waals surface area contributed by atoms with Crippen molar-refractivity contribution in [1.29, 1.82) is 0 Å². The minimum absolute atomic E-state index is 0. The molecule has 0 saturated carbocycles. The van der Waals surface area contributed by atoms with Crippen LogP contribution in [0.15, 0.2) is 388 Å². The molecular formula is C118H111IrN13O8Pt5-6. The maximum Gasteiger partial charge on any atom is 0.354 e. The quantitative estimate of drug-likeness (QED) is 0.0322. The number of nitrogens with zero attached hydrogens (tertiary/aromatic N) is 13. The van der Waals surface area contributed by atoms with Crippen molar-refractivity contribution in [3.8, 4) is 90.0 Å². The summed E-state index contributed by atoms with van der Waals surface area (Å²) in [6.45, 7) is 20.6. The van der Waals surface area contributed by atoms with E-state index in [1.807, 2.05) is 278 Å². The summed E-state index contributed by atoms with van der Waals surface area (Å²) in [5.41, 5.74) is 28.0. The molecule has 761 valence electrons. The number of para-hydroxylation sites is 2. The van der Waals surface area contributed by atoms with E-state index in [4.69, 9.17) is 15.3 Å². The van der Waals surface area contributed by atoms with Crippen molar-refractivity contribution in [3.05, 3.63) is 481 Å². The van der Waals surface area contributed by atoms with Crippen LogP contribution in [0.3, 0.4) is 0 Å². The minimum Gasteiger partial charge on any atom is -0.512 e. The van der Waals surface area contributed by atoms with E-state index in [1.54, 1.807) is 57.9 Å². The molecule has 145 heavy (non-hydrogen) atoms. The van der Waals surface area contributed by atoms with Gasteiger partial charge in [0.05, 0.1) is 28.4 Å². The van der Waals surface area contributed by atoms with E-state index in [9.17, 15) is 24.3 Å². The van der Waals surface area contributed by atoms with Crippen LogP contribution in [0.4, 0.5) is 0 Å². The van der Waals surface area contributed by atoms with Gasteiger partial charge in [0.25, 0.3) is 0 Å². The number of hydrogen-bond acceptors (Lipinski definition) is 14. The normalized spacial score (nSPS) is 10.2. The molecule has 27 heteroatoms. The summed E-state index contributed by atoms with van der Waals surface area (Å²) < 4.78 is 11.2. The second-order valence-corrected chi connectivity index (χ2v) is 31.9. The van der Waals surface area contributed by atoms with Crippen LogP contribution in [0, 0.1) is 84.9 Å². The summed E-state index contributed by atoms with van der Waals surface area (Å²) in [7, 11) is 7.72. The number of aliphatic hydroxyl groups is 3. The fraction of sp³-hybridized carbons (Fsp3) is 0.127. The van der Waals surface area contributed by atoms with Crippen molar-refractivity contribution in [2.75, 3.05) is 0 Å². The van der Waals surface area contributed by atoms with Crippen molar-refractivity contribution in [1.82, 2.24) is 63.7 Å². The standard InChI is InChI=1S/2C18H17N2.C17H15N2.C15H12O2.C14H11N2.2C10H9N2.C6H5NO2.2C5H8O2.Ir.5Pt/c1-13-7-6-8-14(2)18(13)16-10-5-4-9-15(16)17-11-12-20(3)19-17;1-13-11-14(2)18(15(3)12-13)20-10-9-17(19-20)16-7-5-4-6-8-16;1-13-7-6-8-14(2)17(13)19-12-11-16(18-19)15-9-4-3-5-10-15;16-14(12-7-3-1-4-8-12)11-15(17)13-9-5-2-6-10-13;1-16-13-10-6-5-9-12(13)14(15-16)11-7-3-2-4-8-11;2*1-12-8-7-10(11-12)9-5-3-2-4-6-9;8-6(9)5-3-1-2-4-7-5;2*1-4(6)3-5(2)7;;;;;;/h4-8,10-12H,1-3H3;4-7,9-12H,1-3H3;3-9,11-12H,1-2H3;1-11,16H;2-7,9-10H,1H3;2*2-5,7-8H,1H3;1-4H,(H,8,9);2*3,6H,1-2H3;;;;;;/q3*-1;;3*-1;;;;;;;;;. The molecule has 0 fully saturated rings. The first-order valence-electron chi connectivity index (χ1n) is 44.5. The number of rotatable bonds is 15. The van der Waals surface area contributed by atoms with E-state index < -0.39 is 5.97 Å². The van der Waals surface area contributed by atoms with E-state index in [0.29, 0.717) is 11.1 Å². The molecule has 0 saturated heterocycles. The number of fused-ring (bicyclic) bond motifs is 1. The maximum atomic E-state index is 11.8. The Morgan fingerprint density at radius 1 is 0.331 bits per heavy atom. The van der Waals surface area contributed by atoms with Crippen LogP contribution >= 0.6 is 0 Å². The van der Waals surface area contributed by atoms with Crippen molar-refractivity contribution >= 4 is 40.0 Å². The fourth-order valence-corrected chi connectivity index (χ4v) is 14.4. The van der Waals surface area contributed by atoms with Crippen LogP contribution in [0.25, 0.3) is 107 Å². The molecule has 0 aliphatic heterocycles. The zero-order chi connectivity index (χ0) is 99.7. The van der Waals surface area contributed by atoms with Gasteiger partial charge < -0.3 is 20.4 Å². The molecule has 4 N–H and O–H groups in total. The summed E-state index contributed by atoms with van der Waals surface area (Å²) in [5.74, 6) is -1.33. The monoisotopic (exact) mass is 3010 g/mol. The molecule has 0 aliphatic carbocycles. The van der Waals surface area contributed by atoms with Gasteiger partial charge in [-0.3, -0.25) is 33.1 Å². The predicted octanol–water partition coefficient (Wildman–Crippen LogP) is 25.5. The number of benzene rings is 12. The van der Waals surface area contributed by atoms with Gasteiger partial charge in [-0.2, -0.15) is 0 Å². The third-order valence-electron chi connectivity index (χ3n) is 20.5. The number of aryl methyl sites for hydroxylation is 11. The molecule has 0 atom stereocenters. The second-order valence-electron chi connectivity index (χ2n) is 31.9. The molecule has 19 rings (SSSR count). The zero-order valence-electron chi connectivity index (χ0n) is 82.4. The van der Waals surface area contributed by atoms with Gasteiger partial charge in [0.15, 0.2) is 17.3 Å². The molecule has 0 bridgehead atoms. The largest absolute Gasteiger partial charge is 0.512 e. The van der Waals surface area contributed by atoms with Crippen LogP contribution in [-0.4, -0.2) is 107 Å². The number of pyridine rings is 1. The SMILES string of the molecule is CC(=O)C=C(C)O.CC(=O)C=C(C)O.Cc1cc(C)c(-n2ccc(-c3[c-]cccc3)n2)c(C)c1.Cc1cccc(C)c1-c1ccc[c-]c1-c1ccn(C)n1.Cc1cccc(C)c1-n1ccc(-c2[c-]cccc2)n1.Cn1ccc(-c2[c-]cccc2)n1.Cn1ccc(-c2[c-]cccc2)n1.Cn1nc(-c2[c-]cccc2)c2ccccc21.O=C(C=C(O)c1ccccc1)c1ccccc1.O=C(O)c1ccccn1.[Ir].[Pt].[Pt].[Pt].[Pt].[Pt]. The van der Waals surface area contributed by atoms with Crippen LogP contribution in [0.2, 0.25) is 0 Å². The molecule has 0 aliphatic rings. The van der Waals surface area contributed by atoms with E-state index in [-0.39, 0.29) is 166 Å². The summed E-state index contributed by atoms with van der Waals surface area (Å²) in [5, 5.41) is 62.9. The molecule has 19 aromatic rings. The number of aromatic nitrogens is 13. The Balaban J connectivity index is 0.000000340. The van der Waals surface area contributed by atoms with Crippen molar-refractivity contribution in [2.24, 2.45) is 28.2 Å². The van der Waals surface area contributed by atoms with E-state index in [0.717, 1.165) is 84.4 Å². The third-order valence-corrected chi connectivity index (χ3v) is 20.5. The maximum absolute atomic E-state index is 11.8. The number of carbonyl (C=O) groups excluding carboxylic acids is 3. The Morgan fingerprint density at radius 3 is 1.07 bits per heavy atom. The summed E-state index contributed by atoms with van der Waals surface area (Å²) in [4.78, 5) is 45.5. The van der Waals surface area contributed by atoms with Crippen molar-refractivity contribution in [3.63, 3.8) is 0 Å². The number of allylic oxidation sites excluding steroid dienone is 5. The molecule has 0 spiro atoms. The molecule has 7 aromatic heterocycles. The smallest absolute Gasteiger partial charge is 0.354 e. The number of aromatic carboxylic acids is 1. The number of carboxylic acids is 1. The molecular weight excluding hydrogens is 2890 g/mol. The van der Waals surface area contributed by atoms with Gasteiger partial charge in [-0.15, -0.1) is 209 Å². The van der Waals surface area contributed by atoms with E-state index in [2.05, 4.69) is 187 Å². The molecule has 21 nitrogen and oxygen atoms in total.